The van der Waals surface area contributed by atoms with Crippen molar-refractivity contribution in [1.29, 1.82) is 0 Å². The number of nitrogens with zero attached hydrogens (tertiary/aromatic N) is 1. The second-order valence-corrected chi connectivity index (χ2v) is 3.99. The van der Waals surface area contributed by atoms with Gasteiger partial charge in [0, 0.05) is 19.6 Å². The number of hydrogen-bond acceptors (Lipinski definition) is 3. The van der Waals surface area contributed by atoms with E-state index in [0.29, 0.717) is 26.2 Å². The minimum absolute atomic E-state index is 0.0662. The van der Waals surface area contributed by atoms with E-state index in [-0.39, 0.29) is 18.3 Å². The second kappa shape index (κ2) is 5.25. The van der Waals surface area contributed by atoms with Crippen LogP contribution in [0.4, 0.5) is 4.39 Å². The van der Waals surface area contributed by atoms with Gasteiger partial charge in [-0.1, -0.05) is 6.07 Å². The summed E-state index contributed by atoms with van der Waals surface area (Å²) in [4.78, 5) is 13.2. The quantitative estimate of drug-likeness (QED) is 0.841. The Kier molecular flexibility index (Phi) is 3.71. The molecule has 1 aromatic rings. The van der Waals surface area contributed by atoms with Crippen molar-refractivity contribution in [2.24, 2.45) is 5.73 Å². The van der Waals surface area contributed by atoms with Crippen LogP contribution in [-0.2, 0) is 22.6 Å². The van der Waals surface area contributed by atoms with E-state index in [4.69, 9.17) is 10.5 Å². The number of amides is 1. The van der Waals surface area contributed by atoms with Gasteiger partial charge in [0.1, 0.15) is 12.4 Å². The topological polar surface area (TPSA) is 55.6 Å². The van der Waals surface area contributed by atoms with Crippen LogP contribution in [0.2, 0.25) is 0 Å². The molecule has 1 heterocycles. The molecule has 0 atom stereocenters. The third kappa shape index (κ3) is 2.81. The largest absolute Gasteiger partial charge is 0.370 e. The van der Waals surface area contributed by atoms with Crippen LogP contribution in [0, 0.1) is 5.82 Å². The Morgan fingerprint density at radius 3 is 2.94 bits per heavy atom. The lowest BCUT2D eigenvalue weighted by molar-refractivity contribution is -0.143. The Balaban J connectivity index is 2.16. The van der Waals surface area contributed by atoms with Crippen molar-refractivity contribution < 1.29 is 13.9 Å². The summed E-state index contributed by atoms with van der Waals surface area (Å²) in [5, 5.41) is 0. The van der Waals surface area contributed by atoms with Crippen LogP contribution < -0.4 is 5.73 Å². The maximum absolute atomic E-state index is 13.2. The van der Waals surface area contributed by atoms with Gasteiger partial charge in [0.25, 0.3) is 0 Å². The van der Waals surface area contributed by atoms with Gasteiger partial charge >= 0.3 is 0 Å². The summed E-state index contributed by atoms with van der Waals surface area (Å²) in [6.45, 7) is 1.91. The number of halogens is 1. The molecule has 0 bridgehead atoms. The van der Waals surface area contributed by atoms with Crippen molar-refractivity contribution in [3.63, 3.8) is 0 Å². The van der Waals surface area contributed by atoms with Crippen molar-refractivity contribution >= 4 is 5.91 Å². The minimum atomic E-state index is -0.307. The zero-order valence-corrected chi connectivity index (χ0v) is 9.49. The van der Waals surface area contributed by atoms with Crippen molar-refractivity contribution in [3.8, 4) is 0 Å². The van der Waals surface area contributed by atoms with Crippen molar-refractivity contribution in [3.05, 3.63) is 35.1 Å². The number of carbonyl (C=O) groups is 1. The molecule has 5 heteroatoms. The number of hydrogen-bond donors (Lipinski definition) is 1. The molecule has 0 unspecified atom stereocenters. The van der Waals surface area contributed by atoms with E-state index in [9.17, 15) is 9.18 Å². The molecule has 0 saturated carbocycles. The predicted octanol–water partition coefficient (Wildman–Crippen LogP) is 0.643. The van der Waals surface area contributed by atoms with Crippen LogP contribution in [0.1, 0.15) is 11.1 Å². The lowest BCUT2D eigenvalue weighted by Crippen LogP contribution is -2.41. The molecule has 1 aliphatic heterocycles. The minimum Gasteiger partial charge on any atom is -0.370 e. The second-order valence-electron chi connectivity index (χ2n) is 3.99. The van der Waals surface area contributed by atoms with E-state index >= 15 is 0 Å². The Labute approximate surface area is 99.2 Å². The van der Waals surface area contributed by atoms with E-state index in [1.54, 1.807) is 11.0 Å². The maximum Gasteiger partial charge on any atom is 0.248 e. The fraction of sp³-hybridized carbons (Fsp3) is 0.417. The highest BCUT2D eigenvalue weighted by molar-refractivity contribution is 5.78. The monoisotopic (exact) mass is 238 g/mol. The molecule has 0 radical (unpaired) electrons. The Hall–Kier alpha value is -1.46. The third-order valence-electron chi connectivity index (χ3n) is 2.83. The Bertz CT molecular complexity index is 423. The molecule has 4 nitrogen and oxygen atoms in total. The maximum atomic E-state index is 13.2. The highest BCUT2D eigenvalue weighted by Gasteiger charge is 2.19. The first kappa shape index (κ1) is 12.0. The van der Waals surface area contributed by atoms with Crippen LogP contribution in [0.5, 0.6) is 0 Å². The van der Waals surface area contributed by atoms with Gasteiger partial charge in [0.15, 0.2) is 0 Å². The van der Waals surface area contributed by atoms with Gasteiger partial charge in [0.05, 0.1) is 6.61 Å². The molecule has 1 amide bonds. The summed E-state index contributed by atoms with van der Waals surface area (Å²) in [6.07, 6.45) is 0. The van der Waals surface area contributed by atoms with Crippen molar-refractivity contribution in [1.82, 2.24) is 4.90 Å². The first-order valence-corrected chi connectivity index (χ1v) is 5.53. The number of rotatable bonds is 3. The summed E-state index contributed by atoms with van der Waals surface area (Å²) in [7, 11) is 0. The smallest absolute Gasteiger partial charge is 0.248 e. The summed E-state index contributed by atoms with van der Waals surface area (Å²) in [6, 6.07) is 4.48. The molecule has 0 aliphatic carbocycles. The first-order chi connectivity index (χ1) is 8.20. The molecule has 1 saturated heterocycles. The van der Waals surface area contributed by atoms with Gasteiger partial charge < -0.3 is 15.4 Å². The van der Waals surface area contributed by atoms with Crippen LogP contribution >= 0.6 is 0 Å². The van der Waals surface area contributed by atoms with Gasteiger partial charge in [-0.2, -0.15) is 0 Å². The third-order valence-corrected chi connectivity index (χ3v) is 2.83. The van der Waals surface area contributed by atoms with Gasteiger partial charge in [-0.25, -0.2) is 4.39 Å². The number of benzene rings is 1. The van der Waals surface area contributed by atoms with Crippen LogP contribution in [0.3, 0.4) is 0 Å². The molecule has 1 aromatic carbocycles. The van der Waals surface area contributed by atoms with E-state index in [1.165, 1.54) is 12.1 Å². The predicted molar refractivity (Wildman–Crippen MR) is 60.5 cm³/mol. The normalized spacial score (nSPS) is 16.4. The van der Waals surface area contributed by atoms with Gasteiger partial charge in [-0.3, -0.25) is 4.79 Å². The number of carbonyl (C=O) groups excluding carboxylic acids is 1. The summed E-state index contributed by atoms with van der Waals surface area (Å²) < 4.78 is 18.2. The van der Waals surface area contributed by atoms with Crippen LogP contribution in [0.15, 0.2) is 18.2 Å². The lowest BCUT2D eigenvalue weighted by atomic mass is 10.1. The molecule has 0 aromatic heterocycles. The van der Waals surface area contributed by atoms with Gasteiger partial charge in [-0.15, -0.1) is 0 Å². The van der Waals surface area contributed by atoms with E-state index in [0.717, 1.165) is 11.1 Å². The fourth-order valence-corrected chi connectivity index (χ4v) is 1.86. The summed E-state index contributed by atoms with van der Waals surface area (Å²) >= 11 is 0. The number of ether oxygens (including phenoxy) is 1. The molecule has 92 valence electrons. The van der Waals surface area contributed by atoms with E-state index in [1.807, 2.05) is 0 Å². The average molecular weight is 238 g/mol. The Morgan fingerprint density at radius 2 is 2.24 bits per heavy atom. The number of nitrogens with two attached hydrogens (primary N) is 1. The fourth-order valence-electron chi connectivity index (χ4n) is 1.86. The summed E-state index contributed by atoms with van der Waals surface area (Å²) in [5.74, 6) is -0.374. The molecular weight excluding hydrogens is 223 g/mol. The lowest BCUT2D eigenvalue weighted by Gasteiger charge is -2.27. The van der Waals surface area contributed by atoms with Gasteiger partial charge in [0.2, 0.25) is 5.91 Å². The van der Waals surface area contributed by atoms with Crippen LogP contribution in [-0.4, -0.2) is 30.6 Å². The Morgan fingerprint density at radius 1 is 1.41 bits per heavy atom. The molecule has 17 heavy (non-hydrogen) atoms. The molecule has 1 fully saturated rings. The molecule has 1 aliphatic rings. The molecule has 0 spiro atoms. The highest BCUT2D eigenvalue weighted by atomic mass is 19.1. The van der Waals surface area contributed by atoms with Crippen molar-refractivity contribution in [2.45, 2.75) is 13.1 Å². The van der Waals surface area contributed by atoms with Crippen LogP contribution in [0.25, 0.3) is 0 Å². The average Bonchev–Trinajstić information content (AvgIpc) is 2.32. The van der Waals surface area contributed by atoms with Crippen molar-refractivity contribution in [2.75, 3.05) is 19.8 Å². The zero-order valence-electron chi connectivity index (χ0n) is 9.49. The molecule has 2 N–H and O–H groups in total. The standard InChI is InChI=1S/C12H15FN2O2/c13-11-2-1-9(6-14)10(5-11)7-15-3-4-17-8-12(15)16/h1-2,5H,3-4,6-8,14H2. The highest BCUT2D eigenvalue weighted by Crippen LogP contribution is 2.14. The SMILES string of the molecule is NCc1ccc(F)cc1CN1CCOCC1=O. The first-order valence-electron chi connectivity index (χ1n) is 5.53. The molecular formula is C12H15FN2O2. The summed E-state index contributed by atoms with van der Waals surface area (Å²) in [5.41, 5.74) is 7.22. The molecule has 2 rings (SSSR count). The zero-order chi connectivity index (χ0) is 12.3. The van der Waals surface area contributed by atoms with E-state index in [2.05, 4.69) is 0 Å². The van der Waals surface area contributed by atoms with E-state index < -0.39 is 0 Å². The van der Waals surface area contributed by atoms with Gasteiger partial charge in [-0.05, 0) is 23.3 Å². The number of morpholine rings is 1.